The van der Waals surface area contributed by atoms with Crippen molar-refractivity contribution in [2.75, 3.05) is 6.54 Å². The largest absolute Gasteiger partial charge is 0.356 e. The predicted octanol–water partition coefficient (Wildman–Crippen LogP) is 3.90. The average molecular weight is 405 g/mol. The first-order chi connectivity index (χ1) is 14.6. The Bertz CT molecular complexity index is 1190. The summed E-state index contributed by atoms with van der Waals surface area (Å²) in [6.45, 7) is 7.07. The third-order valence-electron chi connectivity index (χ3n) is 5.44. The molecule has 7 heteroatoms. The van der Waals surface area contributed by atoms with Gasteiger partial charge in [-0.3, -0.25) is 9.20 Å². The molecule has 0 unspecified atom stereocenters. The Balaban J connectivity index is 1.55. The molecule has 4 aromatic rings. The van der Waals surface area contributed by atoms with E-state index < -0.39 is 0 Å². The van der Waals surface area contributed by atoms with E-state index in [2.05, 4.69) is 60.6 Å². The summed E-state index contributed by atoms with van der Waals surface area (Å²) in [7, 11) is 0. The van der Waals surface area contributed by atoms with E-state index in [0.29, 0.717) is 12.8 Å². The van der Waals surface area contributed by atoms with Crippen molar-refractivity contribution in [2.24, 2.45) is 0 Å². The summed E-state index contributed by atoms with van der Waals surface area (Å²) >= 11 is 0. The molecule has 0 radical (unpaired) electrons. The minimum Gasteiger partial charge on any atom is -0.356 e. The zero-order chi connectivity index (χ0) is 21.1. The molecule has 0 atom stereocenters. The quantitative estimate of drug-likeness (QED) is 0.452. The fourth-order valence-electron chi connectivity index (χ4n) is 3.69. The van der Waals surface area contributed by atoms with Crippen LogP contribution in [0.25, 0.3) is 22.4 Å². The molecule has 0 bridgehead atoms. The Labute approximate surface area is 176 Å². The number of unbranched alkanes of at least 4 members (excludes halogenated alkanes) is 2. The molecule has 0 saturated heterocycles. The maximum absolute atomic E-state index is 12.1. The molecule has 7 nitrogen and oxygen atoms in total. The zero-order valence-electron chi connectivity index (χ0n) is 17.9. The number of rotatable bonds is 8. The van der Waals surface area contributed by atoms with E-state index in [4.69, 9.17) is 5.10 Å². The lowest BCUT2D eigenvalue weighted by molar-refractivity contribution is -0.121. The van der Waals surface area contributed by atoms with Crippen LogP contribution in [-0.2, 0) is 11.2 Å². The first-order valence-electron chi connectivity index (χ1n) is 10.6. The summed E-state index contributed by atoms with van der Waals surface area (Å²) < 4.78 is 3.79. The number of aryl methyl sites for hydroxylation is 3. The monoisotopic (exact) mass is 404 g/mol. The Morgan fingerprint density at radius 2 is 1.97 bits per heavy atom. The molecule has 3 heterocycles. The van der Waals surface area contributed by atoms with Gasteiger partial charge in [-0.25, -0.2) is 4.52 Å². The molecule has 1 N–H and O–H groups in total. The standard InChI is InChI=1S/C23H28N6O/c1-4-5-6-11-24-22(30)10-9-21-25-26-23-20-15-19(27-29(20)13-12-28(21)23)18-14-16(2)7-8-17(18)3/h7-8,12-15H,4-6,9-11H2,1-3H3,(H,24,30). The molecular formula is C23H28N6O. The van der Waals surface area contributed by atoms with Crippen LogP contribution in [0.2, 0.25) is 0 Å². The number of aromatic nitrogens is 5. The molecule has 1 aromatic carbocycles. The van der Waals surface area contributed by atoms with E-state index >= 15 is 0 Å². The first-order valence-corrected chi connectivity index (χ1v) is 10.6. The van der Waals surface area contributed by atoms with Crippen molar-refractivity contribution < 1.29 is 4.79 Å². The Morgan fingerprint density at radius 3 is 2.80 bits per heavy atom. The van der Waals surface area contributed by atoms with Crippen molar-refractivity contribution in [3.05, 3.63) is 53.6 Å². The summed E-state index contributed by atoms with van der Waals surface area (Å²) in [5.74, 6) is 0.844. The fraction of sp³-hybridized carbons (Fsp3) is 0.391. The topological polar surface area (TPSA) is 76.6 Å². The van der Waals surface area contributed by atoms with Crippen LogP contribution < -0.4 is 5.32 Å². The molecule has 0 aliphatic rings. The number of hydrogen-bond donors (Lipinski definition) is 1. The maximum atomic E-state index is 12.1. The van der Waals surface area contributed by atoms with Crippen molar-refractivity contribution in [1.29, 1.82) is 0 Å². The summed E-state index contributed by atoms with van der Waals surface area (Å²) in [6, 6.07) is 8.43. The lowest BCUT2D eigenvalue weighted by Gasteiger charge is -2.04. The molecule has 4 rings (SSSR count). The highest BCUT2D eigenvalue weighted by Crippen LogP contribution is 2.26. The SMILES string of the molecule is CCCCCNC(=O)CCc1nnc2c3cc(-c4cc(C)ccc4C)nn3ccn12. The van der Waals surface area contributed by atoms with E-state index in [1.165, 1.54) is 11.1 Å². The normalized spacial score (nSPS) is 11.4. The minimum absolute atomic E-state index is 0.0606. The van der Waals surface area contributed by atoms with Crippen molar-refractivity contribution in [2.45, 2.75) is 52.9 Å². The minimum atomic E-state index is 0.0606. The lowest BCUT2D eigenvalue weighted by atomic mass is 10.0. The number of nitrogens with one attached hydrogen (secondary N) is 1. The molecule has 3 aromatic heterocycles. The van der Waals surface area contributed by atoms with Gasteiger partial charge in [-0.05, 0) is 38.0 Å². The fourth-order valence-corrected chi connectivity index (χ4v) is 3.69. The van der Waals surface area contributed by atoms with Crippen LogP contribution in [0.4, 0.5) is 0 Å². The van der Waals surface area contributed by atoms with E-state index in [-0.39, 0.29) is 5.91 Å². The van der Waals surface area contributed by atoms with Crippen LogP contribution in [0, 0.1) is 13.8 Å². The lowest BCUT2D eigenvalue weighted by Crippen LogP contribution is -2.24. The van der Waals surface area contributed by atoms with Gasteiger partial charge in [0.15, 0.2) is 5.65 Å². The van der Waals surface area contributed by atoms with E-state index in [1.807, 2.05) is 21.3 Å². The highest BCUT2D eigenvalue weighted by atomic mass is 16.1. The van der Waals surface area contributed by atoms with Crippen LogP contribution in [0.5, 0.6) is 0 Å². The van der Waals surface area contributed by atoms with Crippen LogP contribution in [0.1, 0.15) is 49.6 Å². The van der Waals surface area contributed by atoms with Gasteiger partial charge in [-0.15, -0.1) is 10.2 Å². The summed E-state index contributed by atoms with van der Waals surface area (Å²) in [6.07, 6.45) is 8.10. The molecule has 0 aliphatic heterocycles. The molecular weight excluding hydrogens is 376 g/mol. The van der Waals surface area contributed by atoms with Crippen molar-refractivity contribution in [1.82, 2.24) is 29.5 Å². The maximum Gasteiger partial charge on any atom is 0.220 e. The number of fused-ring (bicyclic) bond motifs is 3. The third kappa shape index (κ3) is 4.06. The smallest absolute Gasteiger partial charge is 0.220 e. The van der Waals surface area contributed by atoms with Gasteiger partial charge in [0.1, 0.15) is 11.3 Å². The van der Waals surface area contributed by atoms with E-state index in [0.717, 1.165) is 54.1 Å². The number of benzene rings is 1. The average Bonchev–Trinajstić information content (AvgIpc) is 3.35. The second kappa shape index (κ2) is 8.65. The third-order valence-corrected chi connectivity index (χ3v) is 5.44. The van der Waals surface area contributed by atoms with Crippen LogP contribution in [0.15, 0.2) is 36.7 Å². The van der Waals surface area contributed by atoms with Gasteiger partial charge in [0.2, 0.25) is 5.91 Å². The zero-order valence-corrected chi connectivity index (χ0v) is 17.9. The van der Waals surface area contributed by atoms with Gasteiger partial charge in [-0.1, -0.05) is 37.5 Å². The van der Waals surface area contributed by atoms with Crippen LogP contribution in [0.3, 0.4) is 0 Å². The second-order valence-electron chi connectivity index (χ2n) is 7.84. The number of carbonyl (C=O) groups is 1. The predicted molar refractivity (Wildman–Crippen MR) is 118 cm³/mol. The molecule has 0 spiro atoms. The summed E-state index contributed by atoms with van der Waals surface area (Å²) in [4.78, 5) is 12.1. The number of nitrogens with zero attached hydrogens (tertiary/aromatic N) is 5. The number of carbonyl (C=O) groups excluding carboxylic acids is 1. The van der Waals surface area contributed by atoms with Gasteiger partial charge in [0.05, 0.1) is 5.69 Å². The first kappa shape index (κ1) is 20.1. The summed E-state index contributed by atoms with van der Waals surface area (Å²) in [5.41, 5.74) is 6.08. The van der Waals surface area contributed by atoms with Gasteiger partial charge in [-0.2, -0.15) is 5.10 Å². The molecule has 0 saturated carbocycles. The highest BCUT2D eigenvalue weighted by Gasteiger charge is 2.14. The van der Waals surface area contributed by atoms with E-state index in [9.17, 15) is 4.79 Å². The van der Waals surface area contributed by atoms with Gasteiger partial charge in [0, 0.05) is 37.3 Å². The molecule has 30 heavy (non-hydrogen) atoms. The molecule has 0 aliphatic carbocycles. The van der Waals surface area contributed by atoms with Crippen molar-refractivity contribution >= 4 is 17.1 Å². The van der Waals surface area contributed by atoms with Gasteiger partial charge < -0.3 is 5.32 Å². The van der Waals surface area contributed by atoms with E-state index in [1.54, 1.807) is 0 Å². The van der Waals surface area contributed by atoms with Crippen LogP contribution in [-0.4, -0.2) is 36.7 Å². The second-order valence-corrected chi connectivity index (χ2v) is 7.84. The summed E-state index contributed by atoms with van der Waals surface area (Å²) in [5, 5.41) is 16.4. The number of amides is 1. The Kier molecular flexibility index (Phi) is 5.79. The highest BCUT2D eigenvalue weighted by molar-refractivity contribution is 5.78. The molecule has 1 amide bonds. The Morgan fingerprint density at radius 1 is 1.10 bits per heavy atom. The van der Waals surface area contributed by atoms with Crippen molar-refractivity contribution in [3.8, 4) is 11.3 Å². The molecule has 156 valence electrons. The van der Waals surface area contributed by atoms with Crippen LogP contribution >= 0.6 is 0 Å². The molecule has 0 fully saturated rings. The van der Waals surface area contributed by atoms with Gasteiger partial charge >= 0.3 is 0 Å². The number of hydrogen-bond acceptors (Lipinski definition) is 4. The Hall–Kier alpha value is -3.22. The van der Waals surface area contributed by atoms with Gasteiger partial charge in [0.25, 0.3) is 0 Å². The van der Waals surface area contributed by atoms with Crippen molar-refractivity contribution in [3.63, 3.8) is 0 Å².